The highest BCUT2D eigenvalue weighted by atomic mass is 79.9. The monoisotopic (exact) mass is 378 g/mol. The molecule has 0 aromatic heterocycles. The summed E-state index contributed by atoms with van der Waals surface area (Å²) in [6, 6.07) is 12.5. The number of aliphatic imine (C=N–C) groups is 1. The molecule has 0 bridgehead atoms. The number of halogens is 2. The average molecular weight is 380 g/mol. The van der Waals surface area contributed by atoms with Crippen molar-refractivity contribution in [2.24, 2.45) is 4.99 Å². The van der Waals surface area contributed by atoms with Gasteiger partial charge in [0.05, 0.1) is 21.8 Å². The van der Waals surface area contributed by atoms with Crippen LogP contribution in [0.25, 0.3) is 0 Å². The fourth-order valence-corrected chi connectivity index (χ4v) is 2.74. The highest BCUT2D eigenvalue weighted by molar-refractivity contribution is 9.11. The van der Waals surface area contributed by atoms with E-state index in [-0.39, 0.29) is 5.75 Å². The SMILES string of the molecule is N#Cc1cccc(N=Cc2cc(Br)cc(Br)c2O)c1. The molecule has 2 rings (SSSR count). The number of nitrogens with zero attached hydrogens (tertiary/aromatic N) is 2. The van der Waals surface area contributed by atoms with Crippen LogP contribution < -0.4 is 0 Å². The Bertz CT molecular complexity index is 690. The van der Waals surface area contributed by atoms with Crippen LogP contribution in [0.3, 0.4) is 0 Å². The highest BCUT2D eigenvalue weighted by Gasteiger charge is 2.05. The first-order chi connectivity index (χ1) is 9.10. The van der Waals surface area contributed by atoms with Gasteiger partial charge in [-0.15, -0.1) is 0 Å². The zero-order valence-corrected chi connectivity index (χ0v) is 12.8. The summed E-state index contributed by atoms with van der Waals surface area (Å²) < 4.78 is 1.43. The van der Waals surface area contributed by atoms with Gasteiger partial charge >= 0.3 is 0 Å². The standard InChI is InChI=1S/C14H8Br2N2O/c15-11-5-10(14(19)13(16)6-11)8-18-12-3-1-2-9(4-12)7-17/h1-6,8,19H. The van der Waals surface area contributed by atoms with E-state index in [4.69, 9.17) is 5.26 Å². The molecule has 0 aliphatic rings. The third kappa shape index (κ3) is 3.43. The fourth-order valence-electron chi connectivity index (χ4n) is 1.48. The zero-order valence-electron chi connectivity index (χ0n) is 9.64. The van der Waals surface area contributed by atoms with E-state index >= 15 is 0 Å². The number of hydrogen-bond donors (Lipinski definition) is 1. The Labute approximate surface area is 127 Å². The predicted molar refractivity (Wildman–Crippen MR) is 81.9 cm³/mol. The second-order valence-corrected chi connectivity index (χ2v) is 5.52. The minimum atomic E-state index is 0.128. The molecule has 94 valence electrons. The van der Waals surface area contributed by atoms with Gasteiger partial charge in [-0.3, -0.25) is 4.99 Å². The number of benzene rings is 2. The summed E-state index contributed by atoms with van der Waals surface area (Å²) in [7, 11) is 0. The lowest BCUT2D eigenvalue weighted by Crippen LogP contribution is -1.84. The molecule has 1 N–H and O–H groups in total. The average Bonchev–Trinajstić information content (AvgIpc) is 2.41. The molecule has 0 amide bonds. The molecule has 0 saturated heterocycles. The summed E-state index contributed by atoms with van der Waals surface area (Å²) >= 11 is 6.61. The van der Waals surface area contributed by atoms with Crippen LogP contribution in [0.5, 0.6) is 5.75 Å². The molecule has 0 spiro atoms. The maximum Gasteiger partial charge on any atom is 0.138 e. The van der Waals surface area contributed by atoms with Crippen molar-refractivity contribution < 1.29 is 5.11 Å². The third-order valence-corrected chi connectivity index (χ3v) is 3.45. The van der Waals surface area contributed by atoms with Gasteiger partial charge in [-0.05, 0) is 46.3 Å². The van der Waals surface area contributed by atoms with Crippen LogP contribution in [0, 0.1) is 11.3 Å². The summed E-state index contributed by atoms with van der Waals surface area (Å²) in [5.41, 5.74) is 1.80. The molecular formula is C14H8Br2N2O. The number of phenols is 1. The molecular weight excluding hydrogens is 372 g/mol. The van der Waals surface area contributed by atoms with Crippen LogP contribution in [0.1, 0.15) is 11.1 Å². The maximum absolute atomic E-state index is 9.89. The van der Waals surface area contributed by atoms with E-state index < -0.39 is 0 Å². The second kappa shape index (κ2) is 6.00. The van der Waals surface area contributed by atoms with Crippen molar-refractivity contribution in [1.82, 2.24) is 0 Å². The Morgan fingerprint density at radius 1 is 1.21 bits per heavy atom. The molecule has 0 unspecified atom stereocenters. The van der Waals surface area contributed by atoms with Crippen LogP contribution >= 0.6 is 31.9 Å². The van der Waals surface area contributed by atoms with Crippen LogP contribution in [0.4, 0.5) is 5.69 Å². The van der Waals surface area contributed by atoms with Gasteiger partial charge in [0.25, 0.3) is 0 Å². The van der Waals surface area contributed by atoms with Crippen molar-refractivity contribution in [2.75, 3.05) is 0 Å². The molecule has 0 fully saturated rings. The van der Waals surface area contributed by atoms with Gasteiger partial charge in [-0.25, -0.2) is 0 Å². The highest BCUT2D eigenvalue weighted by Crippen LogP contribution is 2.31. The lowest BCUT2D eigenvalue weighted by atomic mass is 10.2. The predicted octanol–water partition coefficient (Wildman–Crippen LogP) is 4.54. The van der Waals surface area contributed by atoms with Gasteiger partial charge in [0.2, 0.25) is 0 Å². The zero-order chi connectivity index (χ0) is 13.8. The fraction of sp³-hybridized carbons (Fsp3) is 0. The van der Waals surface area contributed by atoms with E-state index in [9.17, 15) is 5.11 Å². The Morgan fingerprint density at radius 2 is 2.00 bits per heavy atom. The first-order valence-corrected chi connectivity index (χ1v) is 6.91. The van der Waals surface area contributed by atoms with Crippen LogP contribution in [0.15, 0.2) is 50.3 Å². The van der Waals surface area contributed by atoms with Crippen LogP contribution in [-0.4, -0.2) is 11.3 Å². The molecule has 5 heteroatoms. The van der Waals surface area contributed by atoms with Crippen molar-refractivity contribution in [3.05, 3.63) is 56.5 Å². The minimum absolute atomic E-state index is 0.128. The number of nitriles is 1. The number of rotatable bonds is 2. The van der Waals surface area contributed by atoms with Gasteiger partial charge in [0, 0.05) is 16.3 Å². The topological polar surface area (TPSA) is 56.4 Å². The van der Waals surface area contributed by atoms with Crippen molar-refractivity contribution in [1.29, 1.82) is 5.26 Å². The normalized spacial score (nSPS) is 10.6. The molecule has 2 aromatic carbocycles. The van der Waals surface area contributed by atoms with Gasteiger partial charge in [0.1, 0.15) is 5.75 Å². The van der Waals surface area contributed by atoms with E-state index in [0.717, 1.165) is 4.47 Å². The van der Waals surface area contributed by atoms with E-state index in [0.29, 0.717) is 21.3 Å². The summed E-state index contributed by atoms with van der Waals surface area (Å²) in [4.78, 5) is 4.25. The van der Waals surface area contributed by atoms with Gasteiger partial charge in [0.15, 0.2) is 0 Å². The molecule has 2 aromatic rings. The summed E-state index contributed by atoms with van der Waals surface area (Å²) in [6.45, 7) is 0. The Morgan fingerprint density at radius 3 is 2.74 bits per heavy atom. The maximum atomic E-state index is 9.89. The molecule has 0 atom stereocenters. The Kier molecular flexibility index (Phi) is 4.35. The van der Waals surface area contributed by atoms with Gasteiger partial charge < -0.3 is 5.11 Å². The van der Waals surface area contributed by atoms with Gasteiger partial charge in [-0.2, -0.15) is 5.26 Å². The third-order valence-electron chi connectivity index (χ3n) is 2.39. The molecule has 3 nitrogen and oxygen atoms in total. The Hall–Kier alpha value is -1.64. The van der Waals surface area contributed by atoms with E-state index in [1.807, 2.05) is 0 Å². The number of phenolic OH excluding ortho intramolecular Hbond substituents is 1. The Balaban J connectivity index is 2.35. The van der Waals surface area contributed by atoms with Gasteiger partial charge in [-0.1, -0.05) is 22.0 Å². The van der Waals surface area contributed by atoms with E-state index in [2.05, 4.69) is 42.9 Å². The first-order valence-electron chi connectivity index (χ1n) is 5.32. The quantitative estimate of drug-likeness (QED) is 0.778. The van der Waals surface area contributed by atoms with Crippen molar-refractivity contribution >= 4 is 43.8 Å². The summed E-state index contributed by atoms with van der Waals surface area (Å²) in [5, 5.41) is 18.7. The van der Waals surface area contributed by atoms with Crippen molar-refractivity contribution in [3.63, 3.8) is 0 Å². The smallest absolute Gasteiger partial charge is 0.138 e. The minimum Gasteiger partial charge on any atom is -0.506 e. The number of hydrogen-bond acceptors (Lipinski definition) is 3. The lowest BCUT2D eigenvalue weighted by molar-refractivity contribution is 0.471. The molecule has 0 aliphatic heterocycles. The number of aromatic hydroxyl groups is 1. The first kappa shape index (κ1) is 13.8. The van der Waals surface area contributed by atoms with E-state index in [1.165, 1.54) is 0 Å². The van der Waals surface area contributed by atoms with E-state index in [1.54, 1.807) is 42.6 Å². The van der Waals surface area contributed by atoms with Crippen LogP contribution in [-0.2, 0) is 0 Å². The summed E-state index contributed by atoms with van der Waals surface area (Å²) in [6.07, 6.45) is 1.56. The molecule has 0 radical (unpaired) electrons. The molecule has 19 heavy (non-hydrogen) atoms. The van der Waals surface area contributed by atoms with Crippen LogP contribution in [0.2, 0.25) is 0 Å². The lowest BCUT2D eigenvalue weighted by Gasteiger charge is -2.02. The molecule has 0 aliphatic carbocycles. The second-order valence-electron chi connectivity index (χ2n) is 3.75. The van der Waals surface area contributed by atoms with Crippen molar-refractivity contribution in [2.45, 2.75) is 0 Å². The molecule has 0 saturated carbocycles. The van der Waals surface area contributed by atoms with Crippen molar-refractivity contribution in [3.8, 4) is 11.8 Å². The summed E-state index contributed by atoms with van der Waals surface area (Å²) in [5.74, 6) is 0.128. The largest absolute Gasteiger partial charge is 0.506 e. The molecule has 0 heterocycles.